The molecule has 7 nitrogen and oxygen atoms in total. The van der Waals surface area contributed by atoms with E-state index < -0.39 is 12.5 Å². The smallest absolute Gasteiger partial charge is 0.412 e. The van der Waals surface area contributed by atoms with E-state index in [0.717, 1.165) is 19.4 Å². The summed E-state index contributed by atoms with van der Waals surface area (Å²) in [5.41, 5.74) is 0.478. The summed E-state index contributed by atoms with van der Waals surface area (Å²) in [5, 5.41) is 5.86. The van der Waals surface area contributed by atoms with Crippen LogP contribution in [0.3, 0.4) is 0 Å². The molecule has 0 spiro atoms. The Bertz CT molecular complexity index is 896. The molecule has 3 rings (SSSR count). The molecule has 2 atom stereocenters. The van der Waals surface area contributed by atoms with E-state index >= 15 is 0 Å². The summed E-state index contributed by atoms with van der Waals surface area (Å²) in [5.74, 6) is 0.713. The van der Waals surface area contributed by atoms with Gasteiger partial charge in [-0.1, -0.05) is 6.92 Å². The number of nitrogens with zero attached hydrogens (tertiary/aromatic N) is 2. The number of aromatic nitrogens is 2. The summed E-state index contributed by atoms with van der Waals surface area (Å²) in [7, 11) is 1.24. The minimum absolute atomic E-state index is 0.0723. The molecule has 3 heterocycles. The average molecular weight is 420 g/mol. The standard InChI is InChI=1S/C21H26F2N4O3/c1-13-4-7-26-21(2,10-13)12-30-19-16(18(22)23)8-15(11-25-19)14-5-6-24-17(9-14)27-20(28)29-3/h5-6,8-9,11,13,18,26H,4,7,10,12H2,1-3H3,(H,24,27,28)/t13?,21-/m1/s1. The topological polar surface area (TPSA) is 85.4 Å². The molecule has 1 unspecified atom stereocenters. The van der Waals surface area contributed by atoms with Crippen LogP contribution in [0.5, 0.6) is 5.88 Å². The number of pyridine rings is 2. The third-order valence-corrected chi connectivity index (χ3v) is 5.14. The molecule has 30 heavy (non-hydrogen) atoms. The van der Waals surface area contributed by atoms with E-state index in [1.54, 1.807) is 12.1 Å². The van der Waals surface area contributed by atoms with Crippen molar-refractivity contribution in [3.8, 4) is 17.0 Å². The first kappa shape index (κ1) is 21.9. The summed E-state index contributed by atoms with van der Waals surface area (Å²) in [4.78, 5) is 19.5. The fourth-order valence-electron chi connectivity index (χ4n) is 3.64. The van der Waals surface area contributed by atoms with Gasteiger partial charge in [0, 0.05) is 23.5 Å². The first-order valence-electron chi connectivity index (χ1n) is 9.77. The molecule has 1 amide bonds. The minimum Gasteiger partial charge on any atom is -0.475 e. The van der Waals surface area contributed by atoms with Gasteiger partial charge in [-0.2, -0.15) is 0 Å². The highest BCUT2D eigenvalue weighted by atomic mass is 19.3. The molecule has 1 fully saturated rings. The monoisotopic (exact) mass is 420 g/mol. The number of carbonyl (C=O) groups is 1. The number of carbonyl (C=O) groups excluding carboxylic acids is 1. The Labute approximate surface area is 174 Å². The number of halogens is 2. The summed E-state index contributed by atoms with van der Waals surface area (Å²) < 4.78 is 37.7. The molecule has 9 heteroatoms. The van der Waals surface area contributed by atoms with Crippen LogP contribution in [0.1, 0.15) is 38.7 Å². The Morgan fingerprint density at radius 3 is 2.87 bits per heavy atom. The van der Waals surface area contributed by atoms with Gasteiger partial charge in [-0.3, -0.25) is 5.32 Å². The molecule has 2 aromatic rings. The average Bonchev–Trinajstić information content (AvgIpc) is 2.72. The van der Waals surface area contributed by atoms with Crippen LogP contribution in [0, 0.1) is 5.92 Å². The zero-order valence-electron chi connectivity index (χ0n) is 17.2. The highest BCUT2D eigenvalue weighted by molar-refractivity contribution is 5.84. The first-order valence-corrected chi connectivity index (χ1v) is 9.77. The molecule has 1 aliphatic rings. The predicted molar refractivity (Wildman–Crippen MR) is 109 cm³/mol. The lowest BCUT2D eigenvalue weighted by Crippen LogP contribution is -2.52. The molecule has 0 bridgehead atoms. The maximum absolute atomic E-state index is 13.7. The molecule has 2 N–H and O–H groups in total. The van der Waals surface area contributed by atoms with Crippen molar-refractivity contribution in [1.29, 1.82) is 0 Å². The van der Waals surface area contributed by atoms with Crippen molar-refractivity contribution in [1.82, 2.24) is 15.3 Å². The Kier molecular flexibility index (Phi) is 6.81. The second kappa shape index (κ2) is 9.34. The van der Waals surface area contributed by atoms with Crippen LogP contribution in [0.15, 0.2) is 30.6 Å². The third kappa shape index (κ3) is 5.41. The predicted octanol–water partition coefficient (Wildman–Crippen LogP) is 4.42. The van der Waals surface area contributed by atoms with Crippen molar-refractivity contribution >= 4 is 11.9 Å². The van der Waals surface area contributed by atoms with Crippen molar-refractivity contribution in [3.05, 3.63) is 36.2 Å². The van der Waals surface area contributed by atoms with Crippen molar-refractivity contribution in [2.45, 2.75) is 38.7 Å². The van der Waals surface area contributed by atoms with E-state index in [4.69, 9.17) is 4.74 Å². The van der Waals surface area contributed by atoms with Gasteiger partial charge in [-0.05, 0) is 56.0 Å². The Hall–Kier alpha value is -2.81. The molecular weight excluding hydrogens is 394 g/mol. The van der Waals surface area contributed by atoms with Crippen LogP contribution in [-0.2, 0) is 4.74 Å². The highest BCUT2D eigenvalue weighted by Crippen LogP contribution is 2.33. The number of hydrogen-bond donors (Lipinski definition) is 2. The number of alkyl halides is 2. The Balaban J connectivity index is 1.80. The van der Waals surface area contributed by atoms with Gasteiger partial charge in [-0.25, -0.2) is 23.5 Å². The van der Waals surface area contributed by atoms with Gasteiger partial charge in [0.2, 0.25) is 5.88 Å². The van der Waals surface area contributed by atoms with Gasteiger partial charge in [-0.15, -0.1) is 0 Å². The second-order valence-electron chi connectivity index (χ2n) is 7.84. The molecule has 0 saturated carbocycles. The number of rotatable bonds is 6. The molecular formula is C21H26F2N4O3. The zero-order chi connectivity index (χ0) is 21.7. The normalized spacial score (nSPS) is 21.3. The van der Waals surface area contributed by atoms with Gasteiger partial charge in [0.25, 0.3) is 6.43 Å². The van der Waals surface area contributed by atoms with E-state index in [-0.39, 0.29) is 29.4 Å². The van der Waals surface area contributed by atoms with Crippen molar-refractivity contribution in [3.63, 3.8) is 0 Å². The molecule has 1 saturated heterocycles. The summed E-state index contributed by atoms with van der Waals surface area (Å²) >= 11 is 0. The zero-order valence-corrected chi connectivity index (χ0v) is 17.2. The lowest BCUT2D eigenvalue weighted by atomic mass is 9.85. The summed E-state index contributed by atoms with van der Waals surface area (Å²) in [6.45, 7) is 5.34. The van der Waals surface area contributed by atoms with Crippen molar-refractivity contribution < 1.29 is 23.0 Å². The fourth-order valence-corrected chi connectivity index (χ4v) is 3.64. The molecule has 0 aliphatic carbocycles. The van der Waals surface area contributed by atoms with Crippen LogP contribution in [0.25, 0.3) is 11.1 Å². The van der Waals surface area contributed by atoms with Gasteiger partial charge < -0.3 is 14.8 Å². The molecule has 162 valence electrons. The molecule has 1 aliphatic heterocycles. The quantitative estimate of drug-likeness (QED) is 0.720. The van der Waals surface area contributed by atoms with Gasteiger partial charge in [0.15, 0.2) is 0 Å². The minimum atomic E-state index is -2.74. The highest BCUT2D eigenvalue weighted by Gasteiger charge is 2.31. The Morgan fingerprint density at radius 1 is 1.37 bits per heavy atom. The second-order valence-corrected chi connectivity index (χ2v) is 7.84. The molecule has 0 radical (unpaired) electrons. The van der Waals surface area contributed by atoms with E-state index in [1.165, 1.54) is 25.6 Å². The summed E-state index contributed by atoms with van der Waals surface area (Å²) in [6, 6.07) is 4.55. The van der Waals surface area contributed by atoms with Crippen LogP contribution in [0.2, 0.25) is 0 Å². The first-order chi connectivity index (χ1) is 14.3. The number of methoxy groups -OCH3 is 1. The van der Waals surface area contributed by atoms with Crippen molar-refractivity contribution in [2.75, 3.05) is 25.6 Å². The summed E-state index contributed by atoms with van der Waals surface area (Å²) in [6.07, 6.45) is 1.51. The largest absolute Gasteiger partial charge is 0.475 e. The van der Waals surface area contributed by atoms with E-state index in [1.807, 2.05) is 6.92 Å². The molecule has 2 aromatic heterocycles. The lowest BCUT2D eigenvalue weighted by Gasteiger charge is -2.37. The van der Waals surface area contributed by atoms with E-state index in [9.17, 15) is 13.6 Å². The maximum atomic E-state index is 13.7. The van der Waals surface area contributed by atoms with Crippen LogP contribution >= 0.6 is 0 Å². The van der Waals surface area contributed by atoms with Gasteiger partial charge in [0.1, 0.15) is 12.4 Å². The Morgan fingerprint density at radius 2 is 2.17 bits per heavy atom. The third-order valence-electron chi connectivity index (χ3n) is 5.14. The number of anilines is 1. The SMILES string of the molecule is COC(=O)Nc1cc(-c2cnc(OC[C@@]3(C)CC(C)CCN3)c(C(F)F)c2)ccn1. The van der Waals surface area contributed by atoms with E-state index in [2.05, 4.69) is 32.3 Å². The lowest BCUT2D eigenvalue weighted by molar-refractivity contribution is 0.119. The number of amides is 1. The number of nitrogens with one attached hydrogen (secondary N) is 2. The van der Waals surface area contributed by atoms with Crippen molar-refractivity contribution in [2.24, 2.45) is 5.92 Å². The van der Waals surface area contributed by atoms with E-state index in [0.29, 0.717) is 17.0 Å². The van der Waals surface area contributed by atoms with Crippen LogP contribution < -0.4 is 15.4 Å². The van der Waals surface area contributed by atoms with Gasteiger partial charge in [0.05, 0.1) is 12.7 Å². The fraction of sp³-hybridized carbons (Fsp3) is 0.476. The number of hydrogen-bond acceptors (Lipinski definition) is 6. The molecule has 0 aromatic carbocycles. The number of ether oxygens (including phenoxy) is 2. The van der Waals surface area contributed by atoms with Crippen LogP contribution in [-0.4, -0.2) is 41.9 Å². The maximum Gasteiger partial charge on any atom is 0.412 e. The number of piperidine rings is 1. The van der Waals surface area contributed by atoms with Gasteiger partial charge >= 0.3 is 6.09 Å². The van der Waals surface area contributed by atoms with Crippen LogP contribution in [0.4, 0.5) is 19.4 Å².